The van der Waals surface area contributed by atoms with Crippen LogP contribution in [0.15, 0.2) is 43.1 Å². The number of rotatable bonds is 2. The Balaban J connectivity index is 1.77. The first-order valence-electron chi connectivity index (χ1n) is 8.84. The van der Waals surface area contributed by atoms with Gasteiger partial charge in [0.25, 0.3) is 0 Å². The number of aromatic nitrogens is 1. The molecule has 3 nitrogen and oxygen atoms in total. The van der Waals surface area contributed by atoms with Gasteiger partial charge in [-0.25, -0.2) is 8.78 Å². The number of nitrogens with zero attached hydrogens (tertiary/aromatic N) is 2. The van der Waals surface area contributed by atoms with E-state index in [1.165, 1.54) is 0 Å². The van der Waals surface area contributed by atoms with Crippen LogP contribution in [0.3, 0.4) is 0 Å². The van der Waals surface area contributed by atoms with Gasteiger partial charge in [-0.05, 0) is 57.0 Å². The van der Waals surface area contributed by atoms with Crippen LogP contribution < -0.4 is 0 Å². The van der Waals surface area contributed by atoms with E-state index < -0.39 is 11.6 Å². The molecule has 0 bridgehead atoms. The first kappa shape index (κ1) is 19.1. The van der Waals surface area contributed by atoms with Crippen LogP contribution in [0.5, 0.6) is 0 Å². The molecule has 1 unspecified atom stereocenters. The smallest absolute Gasteiger partial charge is 0.139 e. The van der Waals surface area contributed by atoms with Crippen LogP contribution in [0.4, 0.5) is 8.78 Å². The van der Waals surface area contributed by atoms with Crippen molar-refractivity contribution in [1.82, 2.24) is 9.88 Å². The number of aliphatic hydroxyl groups excluding tert-OH is 1. The van der Waals surface area contributed by atoms with Crippen LogP contribution >= 0.6 is 0 Å². The summed E-state index contributed by atoms with van der Waals surface area (Å²) in [5.41, 5.74) is 1.93. The van der Waals surface area contributed by atoms with E-state index in [1.807, 2.05) is 6.07 Å². The lowest BCUT2D eigenvalue weighted by Crippen LogP contribution is -2.50. The van der Waals surface area contributed by atoms with Gasteiger partial charge in [-0.3, -0.25) is 4.98 Å². The van der Waals surface area contributed by atoms with Gasteiger partial charge in [0.15, 0.2) is 0 Å². The van der Waals surface area contributed by atoms with Crippen LogP contribution in [-0.2, 0) is 0 Å². The zero-order valence-electron chi connectivity index (χ0n) is 15.5. The first-order valence-corrected chi connectivity index (χ1v) is 8.84. The Morgan fingerprint density at radius 2 is 2.04 bits per heavy atom. The van der Waals surface area contributed by atoms with Crippen molar-refractivity contribution in [3.05, 3.63) is 71.6 Å². The molecule has 2 heterocycles. The molecule has 0 saturated carbocycles. The lowest BCUT2D eigenvalue weighted by molar-refractivity contribution is 0.0318. The monoisotopic (exact) mass is 368 g/mol. The van der Waals surface area contributed by atoms with Crippen LogP contribution in [0, 0.1) is 23.5 Å². The van der Waals surface area contributed by atoms with Gasteiger partial charge in [-0.1, -0.05) is 18.4 Å². The van der Waals surface area contributed by atoms with Crippen molar-refractivity contribution in [3.8, 4) is 11.8 Å². The van der Waals surface area contributed by atoms with Gasteiger partial charge >= 0.3 is 0 Å². The number of piperidine rings is 1. The van der Waals surface area contributed by atoms with Gasteiger partial charge in [0.2, 0.25) is 0 Å². The standard InChI is InChI=1S/C22H22F2N2O/c1-15(26-11-10-19(27)13-22(26,2)3)21-9-5-16(14-25-21)4-6-17-12-18(23)7-8-20(17)24/h5,7-9,12,14,19,27H,1,10-11,13H2,2-3H3. The average Bonchev–Trinajstić information content (AvgIpc) is 2.61. The van der Waals surface area contributed by atoms with Crippen LogP contribution in [0.1, 0.15) is 43.5 Å². The van der Waals surface area contributed by atoms with Crippen molar-refractivity contribution in [3.63, 3.8) is 0 Å². The molecular weight excluding hydrogens is 346 g/mol. The molecule has 140 valence electrons. The predicted molar refractivity (Wildman–Crippen MR) is 102 cm³/mol. The largest absolute Gasteiger partial charge is 0.393 e. The van der Waals surface area contributed by atoms with Crippen molar-refractivity contribution >= 4 is 5.70 Å². The number of benzene rings is 1. The van der Waals surface area contributed by atoms with Gasteiger partial charge in [0.05, 0.1) is 23.1 Å². The maximum atomic E-state index is 13.6. The maximum absolute atomic E-state index is 13.6. The highest BCUT2D eigenvalue weighted by molar-refractivity contribution is 5.60. The molecule has 1 atom stereocenters. The van der Waals surface area contributed by atoms with Crippen molar-refractivity contribution in [2.75, 3.05) is 6.54 Å². The summed E-state index contributed by atoms with van der Waals surface area (Å²) in [6.45, 7) is 9.04. The van der Waals surface area contributed by atoms with Crippen LogP contribution in [-0.4, -0.2) is 33.2 Å². The molecular formula is C22H22F2N2O. The lowest BCUT2D eigenvalue weighted by Gasteiger charge is -2.46. The molecule has 2 aromatic rings. The highest BCUT2D eigenvalue weighted by Gasteiger charge is 2.35. The number of pyridine rings is 1. The minimum Gasteiger partial charge on any atom is -0.393 e. The molecule has 0 amide bonds. The van der Waals surface area contributed by atoms with Crippen LogP contribution in [0.2, 0.25) is 0 Å². The highest BCUT2D eigenvalue weighted by atomic mass is 19.1. The minimum atomic E-state index is -0.559. The van der Waals surface area contributed by atoms with E-state index in [2.05, 4.69) is 42.2 Å². The topological polar surface area (TPSA) is 36.4 Å². The van der Waals surface area contributed by atoms with E-state index in [1.54, 1.807) is 12.3 Å². The third-order valence-corrected chi connectivity index (χ3v) is 4.81. The summed E-state index contributed by atoms with van der Waals surface area (Å²) in [6, 6.07) is 6.78. The summed E-state index contributed by atoms with van der Waals surface area (Å²) in [5.74, 6) is 4.35. The molecule has 27 heavy (non-hydrogen) atoms. The normalized spacial score (nSPS) is 18.6. The Morgan fingerprint density at radius 3 is 2.70 bits per heavy atom. The van der Waals surface area contributed by atoms with E-state index in [9.17, 15) is 13.9 Å². The second-order valence-electron chi connectivity index (χ2n) is 7.36. The van der Waals surface area contributed by atoms with E-state index >= 15 is 0 Å². The van der Waals surface area contributed by atoms with Crippen molar-refractivity contribution in [2.24, 2.45) is 0 Å². The van der Waals surface area contributed by atoms with Gasteiger partial charge in [-0.15, -0.1) is 0 Å². The fraction of sp³-hybridized carbons (Fsp3) is 0.318. The van der Waals surface area contributed by atoms with Crippen molar-refractivity contribution in [1.29, 1.82) is 0 Å². The molecule has 1 fully saturated rings. The number of hydrogen-bond donors (Lipinski definition) is 1. The molecule has 0 radical (unpaired) electrons. The Morgan fingerprint density at radius 1 is 1.26 bits per heavy atom. The summed E-state index contributed by atoms with van der Waals surface area (Å²) in [5, 5.41) is 9.90. The molecule has 1 saturated heterocycles. The average molecular weight is 368 g/mol. The minimum absolute atomic E-state index is 0.0112. The SMILES string of the molecule is C=C(c1ccc(C#Cc2cc(F)ccc2F)cn1)N1CCC(O)CC1(C)C. The second-order valence-corrected chi connectivity index (χ2v) is 7.36. The zero-order chi connectivity index (χ0) is 19.6. The van der Waals surface area contributed by atoms with E-state index in [0.717, 1.165) is 36.1 Å². The molecule has 0 aliphatic carbocycles. The molecule has 1 aliphatic rings. The summed E-state index contributed by atoms with van der Waals surface area (Å²) < 4.78 is 26.8. The zero-order valence-corrected chi connectivity index (χ0v) is 15.5. The van der Waals surface area contributed by atoms with Crippen molar-refractivity contribution in [2.45, 2.75) is 38.3 Å². The summed E-state index contributed by atoms with van der Waals surface area (Å²) in [4.78, 5) is 6.58. The molecule has 1 aliphatic heterocycles. The molecule has 1 aromatic heterocycles. The maximum Gasteiger partial charge on any atom is 0.139 e. The summed E-state index contributed by atoms with van der Waals surface area (Å²) in [7, 11) is 0. The molecule has 1 N–H and O–H groups in total. The Bertz CT molecular complexity index is 910. The Kier molecular flexibility index (Phi) is 5.29. The summed E-state index contributed by atoms with van der Waals surface area (Å²) in [6.07, 6.45) is 2.68. The fourth-order valence-corrected chi connectivity index (χ4v) is 3.38. The quantitative estimate of drug-likeness (QED) is 0.815. The van der Waals surface area contributed by atoms with E-state index in [-0.39, 0.29) is 17.2 Å². The molecule has 5 heteroatoms. The predicted octanol–water partition coefficient (Wildman–Crippen LogP) is 3.97. The first-order chi connectivity index (χ1) is 12.8. The van der Waals surface area contributed by atoms with Crippen molar-refractivity contribution < 1.29 is 13.9 Å². The van der Waals surface area contributed by atoms with Gasteiger partial charge in [-0.2, -0.15) is 0 Å². The van der Waals surface area contributed by atoms with Gasteiger partial charge in [0, 0.05) is 23.8 Å². The molecule has 1 aromatic carbocycles. The van der Waals surface area contributed by atoms with Gasteiger partial charge < -0.3 is 10.0 Å². The third kappa shape index (κ3) is 4.35. The number of halogens is 2. The van der Waals surface area contributed by atoms with E-state index in [0.29, 0.717) is 18.4 Å². The Labute approximate surface area is 158 Å². The third-order valence-electron chi connectivity index (χ3n) is 4.81. The summed E-state index contributed by atoms with van der Waals surface area (Å²) >= 11 is 0. The Hall–Kier alpha value is -2.71. The second kappa shape index (κ2) is 7.50. The van der Waals surface area contributed by atoms with Crippen LogP contribution in [0.25, 0.3) is 5.70 Å². The number of hydrogen-bond acceptors (Lipinski definition) is 3. The molecule has 0 spiro atoms. The molecule has 3 rings (SSSR count). The number of likely N-dealkylation sites (tertiary alicyclic amines) is 1. The van der Waals surface area contributed by atoms with E-state index in [4.69, 9.17) is 0 Å². The highest BCUT2D eigenvalue weighted by Crippen LogP contribution is 2.33. The lowest BCUT2D eigenvalue weighted by atomic mass is 9.87. The number of aliphatic hydroxyl groups is 1. The van der Waals surface area contributed by atoms with Gasteiger partial charge in [0.1, 0.15) is 11.6 Å². The fourth-order valence-electron chi connectivity index (χ4n) is 3.38.